The molecule has 0 bridgehead atoms. The number of carbonyl (C=O) groups is 1. The van der Waals surface area contributed by atoms with Gasteiger partial charge in [0.2, 0.25) is 0 Å². The number of rotatable bonds is 4. The highest BCUT2D eigenvalue weighted by molar-refractivity contribution is 6.11. The lowest BCUT2D eigenvalue weighted by Gasteiger charge is -2.11. The highest BCUT2D eigenvalue weighted by atomic mass is 16.3. The van der Waals surface area contributed by atoms with Crippen molar-refractivity contribution in [1.82, 2.24) is 0 Å². The van der Waals surface area contributed by atoms with Crippen LogP contribution in [0.3, 0.4) is 0 Å². The van der Waals surface area contributed by atoms with Crippen LogP contribution in [-0.4, -0.2) is 17.7 Å². The van der Waals surface area contributed by atoms with Gasteiger partial charge in [0.05, 0.1) is 5.56 Å². The minimum Gasteiger partial charge on any atom is -0.505 e. The van der Waals surface area contributed by atoms with Gasteiger partial charge in [-0.1, -0.05) is 43.3 Å². The summed E-state index contributed by atoms with van der Waals surface area (Å²) in [5.41, 5.74) is 2.37. The number of benzene rings is 3. The van der Waals surface area contributed by atoms with Gasteiger partial charge in [-0.2, -0.15) is 0 Å². The van der Waals surface area contributed by atoms with Crippen LogP contribution < -0.4 is 5.32 Å². The van der Waals surface area contributed by atoms with Gasteiger partial charge in [-0.15, -0.1) is 0 Å². The Balaban J connectivity index is 1.99. The first-order chi connectivity index (χ1) is 11.6. The summed E-state index contributed by atoms with van der Waals surface area (Å²) in [6.45, 7) is 5.58. The molecule has 0 fully saturated rings. The number of phenols is 1. The van der Waals surface area contributed by atoms with Gasteiger partial charge in [-0.05, 0) is 42.3 Å². The summed E-state index contributed by atoms with van der Waals surface area (Å²) in [5, 5.41) is 14.8. The number of nitrogens with zero attached hydrogens (tertiary/aromatic N) is 1. The van der Waals surface area contributed by atoms with Crippen molar-refractivity contribution in [1.29, 1.82) is 0 Å². The van der Waals surface area contributed by atoms with Gasteiger partial charge in [0.1, 0.15) is 5.69 Å². The highest BCUT2D eigenvalue weighted by Crippen LogP contribution is 2.38. The van der Waals surface area contributed by atoms with E-state index in [9.17, 15) is 9.90 Å². The summed E-state index contributed by atoms with van der Waals surface area (Å²) < 4.78 is 0. The van der Waals surface area contributed by atoms with E-state index in [0.717, 1.165) is 17.2 Å². The lowest BCUT2D eigenvalue weighted by Crippen LogP contribution is -2.12. The molecule has 4 nitrogen and oxygen atoms in total. The van der Waals surface area contributed by atoms with E-state index in [1.807, 2.05) is 48.5 Å². The minimum absolute atomic E-state index is 0.161. The Morgan fingerprint density at radius 2 is 1.88 bits per heavy atom. The highest BCUT2D eigenvalue weighted by Gasteiger charge is 2.17. The molecule has 2 N–H and O–H groups in total. The molecule has 0 aliphatic rings. The average molecular weight is 318 g/mol. The van der Waals surface area contributed by atoms with E-state index in [4.69, 9.17) is 0 Å². The van der Waals surface area contributed by atoms with Gasteiger partial charge in [0.25, 0.3) is 5.91 Å². The lowest BCUT2D eigenvalue weighted by atomic mass is 10.0. The molecule has 0 saturated heterocycles. The molecule has 120 valence electrons. The van der Waals surface area contributed by atoms with Crippen LogP contribution in [0.1, 0.15) is 22.8 Å². The van der Waals surface area contributed by atoms with E-state index < -0.39 is 0 Å². The van der Waals surface area contributed by atoms with Gasteiger partial charge < -0.3 is 10.4 Å². The molecule has 24 heavy (non-hydrogen) atoms. The molecule has 0 unspecified atom stereocenters. The number of aliphatic imine (C=N–C) groups is 1. The molecule has 3 aromatic carbocycles. The summed E-state index contributed by atoms with van der Waals surface area (Å²) in [5.74, 6) is -0.543. The van der Waals surface area contributed by atoms with Crippen LogP contribution in [0.4, 0.5) is 11.4 Å². The Bertz CT molecular complexity index is 915. The van der Waals surface area contributed by atoms with E-state index in [1.165, 1.54) is 5.56 Å². The number of carbonyl (C=O) groups excluding carboxylic acids is 1. The number of amides is 1. The second kappa shape index (κ2) is 6.54. The Morgan fingerprint density at radius 3 is 2.54 bits per heavy atom. The van der Waals surface area contributed by atoms with E-state index in [2.05, 4.69) is 24.0 Å². The first-order valence-corrected chi connectivity index (χ1v) is 7.75. The Kier molecular flexibility index (Phi) is 4.29. The second-order valence-corrected chi connectivity index (χ2v) is 5.51. The fourth-order valence-electron chi connectivity index (χ4n) is 2.67. The van der Waals surface area contributed by atoms with Crippen molar-refractivity contribution < 1.29 is 9.90 Å². The van der Waals surface area contributed by atoms with Crippen LogP contribution in [0.25, 0.3) is 10.8 Å². The SMILES string of the molecule is C=Nc1c(O)c(C(=O)Nc2ccc(CC)cc2)cc2ccccc12. The lowest BCUT2D eigenvalue weighted by molar-refractivity contribution is 0.102. The number of aromatic hydroxyl groups is 1. The topological polar surface area (TPSA) is 61.7 Å². The summed E-state index contributed by atoms with van der Waals surface area (Å²) in [6.07, 6.45) is 0.939. The van der Waals surface area contributed by atoms with Crippen molar-refractivity contribution in [3.05, 3.63) is 65.7 Å². The summed E-state index contributed by atoms with van der Waals surface area (Å²) in [6, 6.07) is 16.7. The van der Waals surface area contributed by atoms with Gasteiger partial charge in [-0.3, -0.25) is 9.79 Å². The van der Waals surface area contributed by atoms with E-state index in [1.54, 1.807) is 6.07 Å². The normalized spacial score (nSPS) is 10.5. The molecule has 3 rings (SSSR count). The maximum atomic E-state index is 12.6. The summed E-state index contributed by atoms with van der Waals surface area (Å²) >= 11 is 0. The van der Waals surface area contributed by atoms with Crippen molar-refractivity contribution in [2.75, 3.05) is 5.32 Å². The van der Waals surface area contributed by atoms with Crippen molar-refractivity contribution >= 4 is 34.8 Å². The van der Waals surface area contributed by atoms with E-state index in [0.29, 0.717) is 11.4 Å². The average Bonchev–Trinajstić information content (AvgIpc) is 2.61. The summed E-state index contributed by atoms with van der Waals surface area (Å²) in [4.78, 5) is 16.5. The molecular formula is C20H18N2O2. The maximum Gasteiger partial charge on any atom is 0.259 e. The minimum atomic E-state index is -0.382. The molecule has 0 saturated carbocycles. The van der Waals surface area contributed by atoms with Gasteiger partial charge in [0, 0.05) is 11.1 Å². The third-order valence-corrected chi connectivity index (χ3v) is 4.02. The molecular weight excluding hydrogens is 300 g/mol. The smallest absolute Gasteiger partial charge is 0.259 e. The van der Waals surface area contributed by atoms with Crippen molar-refractivity contribution in [3.8, 4) is 5.75 Å². The van der Waals surface area contributed by atoms with Crippen molar-refractivity contribution in [2.45, 2.75) is 13.3 Å². The largest absolute Gasteiger partial charge is 0.505 e. The molecule has 1 amide bonds. The van der Waals surface area contributed by atoms with Crippen LogP contribution in [-0.2, 0) is 6.42 Å². The van der Waals surface area contributed by atoms with Gasteiger partial charge in [-0.25, -0.2) is 0 Å². The van der Waals surface area contributed by atoms with Gasteiger partial charge >= 0.3 is 0 Å². The zero-order valence-corrected chi connectivity index (χ0v) is 13.4. The fraction of sp³-hybridized carbons (Fsp3) is 0.100. The number of aryl methyl sites for hydroxylation is 1. The zero-order valence-electron chi connectivity index (χ0n) is 13.4. The predicted molar refractivity (Wildman–Crippen MR) is 98.6 cm³/mol. The quantitative estimate of drug-likeness (QED) is 0.685. The van der Waals surface area contributed by atoms with Crippen LogP contribution >= 0.6 is 0 Å². The molecule has 0 aromatic heterocycles. The van der Waals surface area contributed by atoms with Crippen LogP contribution in [0, 0.1) is 0 Å². The maximum absolute atomic E-state index is 12.6. The zero-order chi connectivity index (χ0) is 17.1. The Labute approximate surface area is 140 Å². The standard InChI is InChI=1S/C20H18N2O2/c1-3-13-8-10-15(11-9-13)22-20(24)17-12-14-6-4-5-7-16(14)18(21-2)19(17)23/h4-12,23H,2-3H2,1H3,(H,22,24). The molecule has 4 heteroatoms. The second-order valence-electron chi connectivity index (χ2n) is 5.51. The monoisotopic (exact) mass is 318 g/mol. The molecule has 0 heterocycles. The number of fused-ring (bicyclic) bond motifs is 1. The third kappa shape index (κ3) is 2.86. The molecule has 0 aliphatic carbocycles. The number of hydrogen-bond acceptors (Lipinski definition) is 3. The molecule has 0 atom stereocenters. The van der Waals surface area contributed by atoms with Crippen molar-refractivity contribution in [2.24, 2.45) is 4.99 Å². The number of anilines is 1. The number of nitrogens with one attached hydrogen (secondary N) is 1. The van der Waals surface area contributed by atoms with Crippen LogP contribution in [0.2, 0.25) is 0 Å². The van der Waals surface area contributed by atoms with Crippen molar-refractivity contribution in [3.63, 3.8) is 0 Å². The first kappa shape index (κ1) is 15.7. The first-order valence-electron chi connectivity index (χ1n) is 7.75. The predicted octanol–water partition coefficient (Wildman–Crippen LogP) is 4.69. The van der Waals surface area contributed by atoms with Crippen LogP contribution in [0.15, 0.2) is 59.6 Å². The molecule has 3 aromatic rings. The fourth-order valence-corrected chi connectivity index (χ4v) is 2.67. The summed E-state index contributed by atoms with van der Waals surface area (Å²) in [7, 11) is 0. The Hall–Kier alpha value is -3.14. The Morgan fingerprint density at radius 1 is 1.17 bits per heavy atom. The molecule has 0 radical (unpaired) electrons. The van der Waals surface area contributed by atoms with E-state index >= 15 is 0 Å². The molecule has 0 aliphatic heterocycles. The van der Waals surface area contributed by atoms with Crippen LogP contribution in [0.5, 0.6) is 5.75 Å². The van der Waals surface area contributed by atoms with E-state index in [-0.39, 0.29) is 17.2 Å². The molecule has 0 spiro atoms. The number of phenolic OH excluding ortho intramolecular Hbond substituents is 1. The third-order valence-electron chi connectivity index (χ3n) is 4.02. The number of hydrogen-bond donors (Lipinski definition) is 2. The van der Waals surface area contributed by atoms with Gasteiger partial charge in [0.15, 0.2) is 5.75 Å².